The Kier molecular flexibility index (Phi) is 13.3. The number of phenols is 2. The Morgan fingerprint density at radius 1 is 0.697 bits per heavy atom. The molecule has 2 aromatic rings. The average Bonchev–Trinajstić information content (AvgIpc) is 2.79. The summed E-state index contributed by atoms with van der Waals surface area (Å²) in [5, 5.41) is 25.0. The molecule has 4 N–H and O–H groups in total. The lowest BCUT2D eigenvalue weighted by Gasteiger charge is -2.08. The molecule has 0 heterocycles. The highest BCUT2D eigenvalue weighted by atomic mass is 33.1. The smallest absolute Gasteiger partial charge is 0.322 e. The first-order valence-electron chi connectivity index (χ1n) is 11.5. The Morgan fingerprint density at radius 3 is 1.70 bits per heavy atom. The summed E-state index contributed by atoms with van der Waals surface area (Å²) in [7, 11) is -2.73. The Bertz CT molecular complexity index is 807. The van der Waals surface area contributed by atoms with E-state index in [1.807, 2.05) is 24.3 Å². The van der Waals surface area contributed by atoms with Crippen molar-refractivity contribution in [2.45, 2.75) is 38.5 Å². The summed E-state index contributed by atoms with van der Waals surface area (Å²) in [6, 6.07) is 14.5. The molecule has 0 bridgehead atoms. The van der Waals surface area contributed by atoms with Crippen LogP contribution in [0.4, 0.5) is 0 Å². The van der Waals surface area contributed by atoms with Gasteiger partial charge in [0.25, 0.3) is 0 Å². The zero-order chi connectivity index (χ0) is 23.8. The van der Waals surface area contributed by atoms with E-state index in [-0.39, 0.29) is 18.1 Å². The minimum atomic E-state index is -3.56. The molecule has 0 aliphatic heterocycles. The predicted octanol–water partition coefficient (Wildman–Crippen LogP) is 3.62. The number of benzene rings is 2. The Hall–Kier alpha value is -1.78. The van der Waals surface area contributed by atoms with Gasteiger partial charge in [-0.2, -0.15) is 8.42 Å². The number of aryl methyl sites for hydroxylation is 2. The monoisotopic (exact) mass is 496 g/mol. The molecule has 2 rings (SSSR count). The maximum absolute atomic E-state index is 11.9. The quantitative estimate of drug-likeness (QED) is 0.183. The van der Waals surface area contributed by atoms with Gasteiger partial charge in [0.05, 0.1) is 6.61 Å². The van der Waals surface area contributed by atoms with Gasteiger partial charge < -0.3 is 20.8 Å². The zero-order valence-corrected chi connectivity index (χ0v) is 20.7. The number of phenolic OH excluding ortho intramolecular Hbond substituents is 2. The third kappa shape index (κ3) is 13.5. The highest BCUT2D eigenvalue weighted by Gasteiger charge is 2.11. The second kappa shape index (κ2) is 16.0. The summed E-state index contributed by atoms with van der Waals surface area (Å²) in [6.07, 6.45) is 5.98. The first-order valence-corrected chi connectivity index (χ1v) is 14.4. The summed E-state index contributed by atoms with van der Waals surface area (Å²) in [6.45, 7) is 2.91. The van der Waals surface area contributed by atoms with E-state index in [9.17, 15) is 18.6 Å². The number of hydrogen-bond acceptors (Lipinski definition) is 8. The van der Waals surface area contributed by atoms with Gasteiger partial charge in [0.2, 0.25) is 0 Å². The van der Waals surface area contributed by atoms with Crippen LogP contribution in [0.25, 0.3) is 0 Å². The normalized spacial score (nSPS) is 11.6. The molecule has 0 atom stereocenters. The first-order chi connectivity index (χ1) is 15.9. The molecule has 33 heavy (non-hydrogen) atoms. The summed E-state index contributed by atoms with van der Waals surface area (Å²) >= 11 is 0. The summed E-state index contributed by atoms with van der Waals surface area (Å²) in [5.74, 6) is 1.01. The summed E-state index contributed by atoms with van der Waals surface area (Å²) in [4.78, 5) is 0. The van der Waals surface area contributed by atoms with Crippen LogP contribution >= 0.6 is 10.8 Å². The van der Waals surface area contributed by atoms with Crippen LogP contribution in [0.3, 0.4) is 0 Å². The van der Waals surface area contributed by atoms with E-state index in [0.717, 1.165) is 62.4 Å². The SMILES string of the molecule is O=S(=O)(OCCNCCCCc1ccc(O)cc1)SCCNCCCCc1ccc(O)cc1. The fourth-order valence-corrected chi connectivity index (χ4v) is 5.26. The van der Waals surface area contributed by atoms with Crippen molar-refractivity contribution in [1.82, 2.24) is 10.6 Å². The van der Waals surface area contributed by atoms with Crippen LogP contribution in [0, 0.1) is 0 Å². The minimum Gasteiger partial charge on any atom is -0.508 e. The molecule has 7 nitrogen and oxygen atoms in total. The standard InChI is InChI=1S/C24H36N2O5S2/c27-23-11-7-21(8-12-23)5-1-3-15-25-17-19-31-33(29,30)32-20-18-26-16-4-2-6-22-9-13-24(28)14-10-22/h7-14,25-28H,1-6,15-20H2. The van der Waals surface area contributed by atoms with E-state index in [4.69, 9.17) is 4.18 Å². The lowest BCUT2D eigenvalue weighted by molar-refractivity contribution is 0.325. The molecule has 0 radical (unpaired) electrons. The van der Waals surface area contributed by atoms with Gasteiger partial charge in [-0.05, 0) is 97.8 Å². The van der Waals surface area contributed by atoms with Crippen molar-refractivity contribution in [3.05, 3.63) is 59.7 Å². The van der Waals surface area contributed by atoms with Gasteiger partial charge in [-0.15, -0.1) is 0 Å². The molecule has 9 heteroatoms. The molecule has 0 spiro atoms. The fraction of sp³-hybridized carbons (Fsp3) is 0.500. The lowest BCUT2D eigenvalue weighted by atomic mass is 10.1. The molecule has 0 saturated heterocycles. The van der Waals surface area contributed by atoms with Crippen LogP contribution in [0.5, 0.6) is 11.5 Å². The maximum atomic E-state index is 11.9. The molecule has 0 amide bonds. The van der Waals surface area contributed by atoms with Crippen LogP contribution in [-0.2, 0) is 26.2 Å². The van der Waals surface area contributed by atoms with Crippen LogP contribution in [-0.4, -0.2) is 57.2 Å². The zero-order valence-electron chi connectivity index (χ0n) is 19.0. The molecule has 0 aliphatic rings. The molecular weight excluding hydrogens is 460 g/mol. The van der Waals surface area contributed by atoms with E-state index >= 15 is 0 Å². The van der Waals surface area contributed by atoms with Gasteiger partial charge in [-0.1, -0.05) is 24.3 Å². The molecule has 2 aromatic carbocycles. The van der Waals surface area contributed by atoms with Gasteiger partial charge in [-0.25, -0.2) is 0 Å². The van der Waals surface area contributed by atoms with Crippen molar-refractivity contribution in [3.8, 4) is 11.5 Å². The number of nitrogens with one attached hydrogen (secondary N) is 2. The predicted molar refractivity (Wildman–Crippen MR) is 135 cm³/mol. The number of aromatic hydroxyl groups is 2. The van der Waals surface area contributed by atoms with Crippen molar-refractivity contribution >= 4 is 19.9 Å². The second-order valence-electron chi connectivity index (χ2n) is 7.80. The largest absolute Gasteiger partial charge is 0.508 e. The van der Waals surface area contributed by atoms with E-state index in [1.54, 1.807) is 24.3 Å². The van der Waals surface area contributed by atoms with Crippen LogP contribution in [0.15, 0.2) is 48.5 Å². The molecule has 0 aliphatic carbocycles. The second-order valence-corrected chi connectivity index (χ2v) is 11.4. The van der Waals surface area contributed by atoms with Crippen LogP contribution in [0.1, 0.15) is 36.8 Å². The number of rotatable bonds is 18. The fourth-order valence-electron chi connectivity index (χ4n) is 3.20. The Balaban J connectivity index is 1.38. The molecule has 0 fully saturated rings. The van der Waals surface area contributed by atoms with Crippen molar-refractivity contribution < 1.29 is 22.8 Å². The topological polar surface area (TPSA) is 108 Å². The third-order valence-corrected chi connectivity index (χ3v) is 7.79. The Labute approximate surface area is 201 Å². The van der Waals surface area contributed by atoms with Crippen LogP contribution < -0.4 is 10.6 Å². The Morgan fingerprint density at radius 2 is 1.18 bits per heavy atom. The van der Waals surface area contributed by atoms with Gasteiger partial charge in [0.15, 0.2) is 0 Å². The maximum Gasteiger partial charge on any atom is 0.322 e. The van der Waals surface area contributed by atoms with E-state index in [2.05, 4.69) is 10.6 Å². The highest BCUT2D eigenvalue weighted by Crippen LogP contribution is 2.14. The van der Waals surface area contributed by atoms with E-state index < -0.39 is 9.15 Å². The van der Waals surface area contributed by atoms with Gasteiger partial charge in [-0.3, -0.25) is 4.18 Å². The van der Waals surface area contributed by atoms with Crippen molar-refractivity contribution in [1.29, 1.82) is 0 Å². The van der Waals surface area contributed by atoms with Gasteiger partial charge in [0, 0.05) is 18.8 Å². The molecule has 184 valence electrons. The molecule has 0 aromatic heterocycles. The number of hydrogen-bond donors (Lipinski definition) is 4. The minimum absolute atomic E-state index is 0.137. The van der Waals surface area contributed by atoms with Gasteiger partial charge >= 0.3 is 9.15 Å². The lowest BCUT2D eigenvalue weighted by Crippen LogP contribution is -2.23. The van der Waals surface area contributed by atoms with Crippen LogP contribution in [0.2, 0.25) is 0 Å². The first kappa shape index (κ1) is 27.5. The van der Waals surface area contributed by atoms with E-state index in [1.165, 1.54) is 11.1 Å². The number of unbranched alkanes of at least 4 members (excludes halogenated alkanes) is 2. The molecule has 0 saturated carbocycles. The van der Waals surface area contributed by atoms with Crippen molar-refractivity contribution in [2.24, 2.45) is 0 Å². The molecular formula is C24H36N2O5S2. The third-order valence-electron chi connectivity index (χ3n) is 5.02. The summed E-state index contributed by atoms with van der Waals surface area (Å²) in [5.41, 5.74) is 2.40. The highest BCUT2D eigenvalue weighted by molar-refractivity contribution is 8.70. The molecule has 0 unspecified atom stereocenters. The average molecular weight is 497 g/mol. The van der Waals surface area contributed by atoms with Crippen molar-refractivity contribution in [2.75, 3.05) is 38.5 Å². The van der Waals surface area contributed by atoms with Crippen molar-refractivity contribution in [3.63, 3.8) is 0 Å². The van der Waals surface area contributed by atoms with E-state index in [0.29, 0.717) is 18.8 Å². The van der Waals surface area contributed by atoms with Gasteiger partial charge in [0.1, 0.15) is 11.5 Å². The summed E-state index contributed by atoms with van der Waals surface area (Å²) < 4.78 is 28.8.